The third-order valence-corrected chi connectivity index (χ3v) is 14.6. The fourth-order valence-corrected chi connectivity index (χ4v) is 10.9. The minimum absolute atomic E-state index is 0. The number of carbonyl (C=O) groups excluding carboxylic acids is 2. The molecule has 3 aliphatic heterocycles. The number of ether oxygens (including phenoxy) is 11. The van der Waals surface area contributed by atoms with Gasteiger partial charge in [-0.25, -0.2) is 9.59 Å². The zero-order valence-corrected chi connectivity index (χ0v) is 44.6. The van der Waals surface area contributed by atoms with Gasteiger partial charge in [-0.15, -0.1) is 0 Å². The molecule has 0 saturated carbocycles. The van der Waals surface area contributed by atoms with Crippen LogP contribution < -0.4 is 67.4 Å². The van der Waals surface area contributed by atoms with Crippen LogP contribution in [-0.4, -0.2) is 138 Å². The van der Waals surface area contributed by atoms with Gasteiger partial charge in [0, 0.05) is 61.3 Å². The lowest BCUT2D eigenvalue weighted by molar-refractivity contribution is -0.955. The first-order chi connectivity index (χ1) is 33.3. The number of hydrogen-bond donors (Lipinski definition) is 0. The molecule has 0 fully saturated rings. The molecule has 15 nitrogen and oxygen atoms in total. The van der Waals surface area contributed by atoms with Crippen LogP contribution in [-0.2, 0) is 44.7 Å². The third-order valence-electron chi connectivity index (χ3n) is 14.4. The number of fused-ring (bicyclic) bond motifs is 6. The van der Waals surface area contributed by atoms with Crippen LogP contribution in [0.25, 0.3) is 0 Å². The maximum absolute atomic E-state index is 13.1. The van der Waals surface area contributed by atoms with Gasteiger partial charge in [-0.1, -0.05) is 11.6 Å². The Morgan fingerprint density at radius 1 is 0.549 bits per heavy atom. The van der Waals surface area contributed by atoms with Crippen LogP contribution >= 0.6 is 11.6 Å². The fraction of sp³-hybridized carbons (Fsp3) is 0.472. The van der Waals surface area contributed by atoms with Crippen molar-refractivity contribution >= 4 is 23.5 Å². The Kier molecular flexibility index (Phi) is 19.7. The molecule has 0 saturated heterocycles. The largest absolute Gasteiger partial charge is 1.00 e. The highest BCUT2D eigenvalue weighted by Gasteiger charge is 2.48. The Labute approximate surface area is 435 Å². The molecule has 3 aliphatic rings. The lowest BCUT2D eigenvalue weighted by Crippen LogP contribution is -3.00. The highest BCUT2D eigenvalue weighted by atomic mass is 35.5. The lowest BCUT2D eigenvalue weighted by atomic mass is 9.79. The van der Waals surface area contributed by atoms with E-state index >= 15 is 0 Å². The van der Waals surface area contributed by atoms with Crippen LogP contribution in [0.5, 0.6) is 51.7 Å². The summed E-state index contributed by atoms with van der Waals surface area (Å²) in [6.45, 7) is 4.27. The van der Waals surface area contributed by atoms with Crippen molar-refractivity contribution in [1.29, 1.82) is 0 Å². The van der Waals surface area contributed by atoms with E-state index in [0.717, 1.165) is 67.1 Å². The lowest BCUT2D eigenvalue weighted by Gasteiger charge is -2.51. The van der Waals surface area contributed by atoms with Crippen LogP contribution in [0.3, 0.4) is 0 Å². The highest BCUT2D eigenvalue weighted by molar-refractivity contribution is 6.42. The SMILES string of the molecule is COc1cc2c(cc1OC)C1c3cc(OC)c(OC)cc3CC[N+]1(CCCOC(=O)/C(Cl)=C/C(=O)OCCC[N+]1(C)CCc3cc(OC)c(OC)cc3[C@H]1Cc1cc(OC)c(OC)c(OC)c1)CC2.[Cl-].[Cl-]. The minimum atomic E-state index is -0.779. The average molecular weight is 1050 g/mol. The Morgan fingerprint density at radius 2 is 0.972 bits per heavy atom. The van der Waals surface area contributed by atoms with Crippen molar-refractivity contribution in [1.82, 2.24) is 0 Å². The summed E-state index contributed by atoms with van der Waals surface area (Å²) in [6, 6.07) is 16.4. The Balaban J connectivity index is 0.00000469. The normalized spacial score (nSPS) is 19.6. The molecule has 2 atom stereocenters. The van der Waals surface area contributed by atoms with Gasteiger partial charge in [0.15, 0.2) is 46.0 Å². The van der Waals surface area contributed by atoms with E-state index in [4.69, 9.17) is 63.7 Å². The summed E-state index contributed by atoms with van der Waals surface area (Å²) in [7, 11) is 16.9. The van der Waals surface area contributed by atoms with Crippen LogP contribution in [0.1, 0.15) is 63.9 Å². The fourth-order valence-electron chi connectivity index (χ4n) is 10.8. The van der Waals surface area contributed by atoms with Gasteiger partial charge in [-0.3, -0.25) is 0 Å². The molecule has 0 N–H and O–H groups in total. The van der Waals surface area contributed by atoms with E-state index in [1.54, 1.807) is 64.0 Å². The summed E-state index contributed by atoms with van der Waals surface area (Å²) in [6.07, 6.45) is 5.28. The second-order valence-corrected chi connectivity index (χ2v) is 18.4. The highest BCUT2D eigenvalue weighted by Crippen LogP contribution is 2.51. The second-order valence-electron chi connectivity index (χ2n) is 17.9. The van der Waals surface area contributed by atoms with Crippen LogP contribution in [0.15, 0.2) is 59.6 Å². The number of nitrogens with zero attached hydrogens (tertiary/aromatic N) is 2. The van der Waals surface area contributed by atoms with E-state index in [1.165, 1.54) is 27.8 Å². The molecule has 0 aromatic heterocycles. The van der Waals surface area contributed by atoms with E-state index in [-0.39, 0.29) is 55.1 Å². The van der Waals surface area contributed by atoms with Crippen molar-refractivity contribution in [3.8, 4) is 51.7 Å². The maximum Gasteiger partial charge on any atom is 0.350 e. The monoisotopic (exact) mass is 1040 g/mol. The van der Waals surface area contributed by atoms with Gasteiger partial charge in [0.1, 0.15) is 17.1 Å². The van der Waals surface area contributed by atoms with Crippen LogP contribution in [0, 0.1) is 0 Å². The van der Waals surface area contributed by atoms with Gasteiger partial charge in [0.05, 0.1) is 117 Å². The van der Waals surface area contributed by atoms with E-state index < -0.39 is 11.9 Å². The smallest absolute Gasteiger partial charge is 0.350 e. The summed E-state index contributed by atoms with van der Waals surface area (Å²) in [4.78, 5) is 26.2. The van der Waals surface area contributed by atoms with Gasteiger partial charge in [0.25, 0.3) is 0 Å². The molecule has 7 rings (SSSR count). The van der Waals surface area contributed by atoms with E-state index in [1.807, 2.05) is 12.1 Å². The molecular formula is C53H67Cl3N2O13. The van der Waals surface area contributed by atoms with Crippen molar-refractivity contribution in [3.63, 3.8) is 0 Å². The molecule has 0 radical (unpaired) electrons. The summed E-state index contributed by atoms with van der Waals surface area (Å²) in [5.74, 6) is 4.25. The van der Waals surface area contributed by atoms with Gasteiger partial charge in [-0.2, -0.15) is 0 Å². The predicted octanol–water partition coefficient (Wildman–Crippen LogP) is 1.77. The first-order valence-corrected chi connectivity index (χ1v) is 23.7. The van der Waals surface area contributed by atoms with Gasteiger partial charge < -0.3 is 85.9 Å². The predicted molar refractivity (Wildman–Crippen MR) is 260 cm³/mol. The van der Waals surface area contributed by atoms with Gasteiger partial charge in [0.2, 0.25) is 5.75 Å². The molecule has 0 spiro atoms. The Hall–Kier alpha value is -5.45. The van der Waals surface area contributed by atoms with E-state index in [2.05, 4.69) is 43.4 Å². The van der Waals surface area contributed by atoms with E-state index in [9.17, 15) is 9.59 Å². The second kappa shape index (κ2) is 24.8. The standard InChI is InChI=1S/C53H67ClN2O13.2ClH/c1-55(18-13-34-26-42(59-2)45(62-5)29-37(34)41(55)23-33-24-48(65-8)52(67-10)49(25-33)66-9)16-11-21-68-50(57)32-40(54)53(58)69-22-12-17-56-19-14-35-27-43(60-3)46(63-6)30-38(35)51(56)39-31-47(64-7)44(61-4)28-36(39)15-20-56;;/h24-32,41,51H,11-23H2,1-10H3;2*1H/q+2;;/p-2/b40-32-;;/t41-,51?,55?,56?;;/m1../s1. The summed E-state index contributed by atoms with van der Waals surface area (Å²) in [5.41, 5.74) is 8.09. The van der Waals surface area contributed by atoms with Crippen molar-refractivity contribution in [3.05, 3.63) is 98.6 Å². The van der Waals surface area contributed by atoms with Crippen molar-refractivity contribution < 1.29 is 95.5 Å². The first-order valence-electron chi connectivity index (χ1n) is 23.3. The molecule has 388 valence electrons. The van der Waals surface area contributed by atoms with Crippen LogP contribution in [0.2, 0.25) is 0 Å². The van der Waals surface area contributed by atoms with E-state index in [0.29, 0.717) is 82.0 Å². The summed E-state index contributed by atoms with van der Waals surface area (Å²) < 4.78 is 64.0. The zero-order chi connectivity index (χ0) is 49.5. The molecule has 0 aliphatic carbocycles. The number of esters is 2. The maximum atomic E-state index is 13.1. The molecular weight excluding hydrogens is 979 g/mol. The number of halogens is 3. The van der Waals surface area contributed by atoms with Crippen molar-refractivity contribution in [2.24, 2.45) is 0 Å². The van der Waals surface area contributed by atoms with Crippen molar-refractivity contribution in [2.75, 3.05) is 117 Å². The number of quaternary nitrogens is 2. The topological polar surface area (TPSA) is 136 Å². The summed E-state index contributed by atoms with van der Waals surface area (Å²) in [5, 5.41) is -0.341. The van der Waals surface area contributed by atoms with Crippen molar-refractivity contribution in [2.45, 2.75) is 50.6 Å². The molecule has 71 heavy (non-hydrogen) atoms. The average Bonchev–Trinajstić information content (AvgIpc) is 3.37. The number of likely N-dealkylation sites (N-methyl/N-ethyl adjacent to an activating group) is 1. The number of carbonyl (C=O) groups is 2. The molecule has 0 bridgehead atoms. The summed E-state index contributed by atoms with van der Waals surface area (Å²) >= 11 is 6.38. The number of rotatable bonds is 21. The molecule has 1 unspecified atom stereocenters. The molecule has 4 aromatic carbocycles. The Morgan fingerprint density at radius 3 is 1.45 bits per heavy atom. The van der Waals surface area contributed by atoms with Crippen LogP contribution in [0.4, 0.5) is 0 Å². The number of hydrogen-bond acceptors (Lipinski definition) is 13. The number of benzene rings is 4. The number of methoxy groups -OCH3 is 9. The van der Waals surface area contributed by atoms with Gasteiger partial charge in [-0.05, 0) is 70.8 Å². The first kappa shape index (κ1) is 56.5. The molecule has 3 heterocycles. The molecule has 0 amide bonds. The zero-order valence-electron chi connectivity index (χ0n) is 42.4. The minimum Gasteiger partial charge on any atom is -1.00 e. The quantitative estimate of drug-likeness (QED) is 0.0520. The third kappa shape index (κ3) is 11.8. The Bertz CT molecular complexity index is 2460. The van der Waals surface area contributed by atoms with Gasteiger partial charge >= 0.3 is 11.9 Å². The molecule has 4 aromatic rings. The molecule has 18 heteroatoms.